The van der Waals surface area contributed by atoms with E-state index in [1.165, 1.54) is 23.8 Å². The highest BCUT2D eigenvalue weighted by atomic mass is 32.1. The van der Waals surface area contributed by atoms with Crippen LogP contribution >= 0.6 is 11.5 Å². The average Bonchev–Trinajstić information content (AvgIpc) is 3.23. The lowest BCUT2D eigenvalue weighted by Crippen LogP contribution is -2.53. The lowest BCUT2D eigenvalue weighted by molar-refractivity contribution is -0.139. The van der Waals surface area contributed by atoms with Crippen molar-refractivity contribution in [2.75, 3.05) is 51.3 Å². The van der Waals surface area contributed by atoms with E-state index >= 15 is 0 Å². The Balaban J connectivity index is 1.46. The fraction of sp³-hybridized carbons (Fsp3) is 0.556. The number of halogens is 3. The number of ether oxygens (including phenoxy) is 1. The van der Waals surface area contributed by atoms with Crippen LogP contribution < -0.4 is 15.0 Å². The normalized spacial score (nSPS) is 15.4. The first kappa shape index (κ1) is 22.1. The lowest BCUT2D eigenvalue weighted by Gasteiger charge is -2.36. The van der Waals surface area contributed by atoms with Crippen molar-refractivity contribution in [3.05, 3.63) is 29.7 Å². The molecular weight excluding hydrogens is 419 g/mol. The van der Waals surface area contributed by atoms with E-state index in [1.54, 1.807) is 7.05 Å². The molecule has 30 heavy (non-hydrogen) atoms. The van der Waals surface area contributed by atoms with E-state index in [0.29, 0.717) is 12.5 Å². The van der Waals surface area contributed by atoms with Gasteiger partial charge in [0.15, 0.2) is 5.96 Å². The second-order valence-electron chi connectivity index (χ2n) is 6.50. The van der Waals surface area contributed by atoms with Gasteiger partial charge in [0.05, 0.1) is 6.54 Å². The van der Waals surface area contributed by atoms with Crippen molar-refractivity contribution in [1.82, 2.24) is 24.6 Å². The third-order valence-electron chi connectivity index (χ3n) is 4.54. The Hall–Kier alpha value is -2.63. The van der Waals surface area contributed by atoms with Crippen LogP contribution in [0.1, 0.15) is 18.3 Å². The number of rotatable bonds is 6. The van der Waals surface area contributed by atoms with E-state index in [4.69, 9.17) is 4.74 Å². The van der Waals surface area contributed by atoms with Gasteiger partial charge in [0.1, 0.15) is 18.0 Å². The molecule has 2 aromatic rings. The number of guanidine groups is 1. The summed E-state index contributed by atoms with van der Waals surface area (Å²) in [6.07, 6.45) is -2.41. The van der Waals surface area contributed by atoms with Gasteiger partial charge in [0.25, 0.3) is 0 Å². The molecule has 2 aromatic heterocycles. The zero-order valence-corrected chi connectivity index (χ0v) is 17.6. The average molecular weight is 443 g/mol. The number of hydrogen-bond donors (Lipinski definition) is 1. The largest absolute Gasteiger partial charge is 0.475 e. The van der Waals surface area contributed by atoms with Crippen molar-refractivity contribution in [1.29, 1.82) is 0 Å². The molecule has 0 aromatic carbocycles. The Morgan fingerprint density at radius 1 is 1.30 bits per heavy atom. The van der Waals surface area contributed by atoms with Gasteiger partial charge in [-0.1, -0.05) is 6.92 Å². The summed E-state index contributed by atoms with van der Waals surface area (Å²) in [6.45, 7) is 5.44. The van der Waals surface area contributed by atoms with E-state index in [0.717, 1.165) is 49.6 Å². The monoisotopic (exact) mass is 443 g/mol. The third kappa shape index (κ3) is 5.49. The van der Waals surface area contributed by atoms with Crippen LogP contribution in [0.4, 0.5) is 18.3 Å². The van der Waals surface area contributed by atoms with Crippen molar-refractivity contribution in [2.45, 2.75) is 19.5 Å². The highest BCUT2D eigenvalue weighted by Crippen LogP contribution is 2.34. The molecule has 0 spiro atoms. The van der Waals surface area contributed by atoms with E-state index in [9.17, 15) is 13.2 Å². The van der Waals surface area contributed by atoms with Crippen LogP contribution in [-0.4, -0.2) is 71.6 Å². The number of piperazine rings is 1. The number of pyridine rings is 1. The highest BCUT2D eigenvalue weighted by Gasteiger charge is 2.35. The molecule has 164 valence electrons. The smallest absolute Gasteiger partial charge is 0.421 e. The van der Waals surface area contributed by atoms with Crippen molar-refractivity contribution < 1.29 is 17.9 Å². The van der Waals surface area contributed by atoms with E-state index in [2.05, 4.69) is 34.5 Å². The summed E-state index contributed by atoms with van der Waals surface area (Å²) in [5.74, 6) is 1.12. The topological polar surface area (TPSA) is 78.8 Å². The van der Waals surface area contributed by atoms with Gasteiger partial charge in [0.2, 0.25) is 11.0 Å². The Kier molecular flexibility index (Phi) is 7.29. The summed E-state index contributed by atoms with van der Waals surface area (Å²) < 4.78 is 48.5. The van der Waals surface area contributed by atoms with Gasteiger partial charge < -0.3 is 19.9 Å². The first-order valence-electron chi connectivity index (χ1n) is 9.60. The van der Waals surface area contributed by atoms with E-state index in [-0.39, 0.29) is 6.61 Å². The highest BCUT2D eigenvalue weighted by molar-refractivity contribution is 7.09. The lowest BCUT2D eigenvalue weighted by atomic mass is 10.2. The van der Waals surface area contributed by atoms with Crippen LogP contribution in [0, 0.1) is 0 Å². The molecule has 1 N–H and O–H groups in total. The standard InChI is InChI=1S/C18H24F3N7OS/c1-3-14-25-17(30-26-14)28-10-8-27(9-11-28)16(22-2)24-7-12-29-15-13(18(19,20)21)5-4-6-23-15/h4-6H,3,7-12H2,1-2H3,(H,22,24). The molecular formula is C18H24F3N7OS. The summed E-state index contributed by atoms with van der Waals surface area (Å²) in [5.41, 5.74) is -0.881. The Morgan fingerprint density at radius 2 is 2.07 bits per heavy atom. The molecule has 0 amide bonds. The van der Waals surface area contributed by atoms with Gasteiger partial charge in [-0.2, -0.15) is 17.5 Å². The molecule has 3 rings (SSSR count). The molecule has 8 nitrogen and oxygen atoms in total. The summed E-state index contributed by atoms with van der Waals surface area (Å²) in [5, 5.41) is 4.06. The minimum absolute atomic E-state index is 0.0314. The molecule has 1 fully saturated rings. The quantitative estimate of drug-likeness (QED) is 0.417. The first-order chi connectivity index (χ1) is 14.4. The molecule has 1 saturated heterocycles. The van der Waals surface area contributed by atoms with Crippen LogP contribution in [-0.2, 0) is 12.6 Å². The summed E-state index contributed by atoms with van der Waals surface area (Å²) in [6, 6.07) is 2.19. The maximum absolute atomic E-state index is 13.0. The summed E-state index contributed by atoms with van der Waals surface area (Å²) in [7, 11) is 1.67. The van der Waals surface area contributed by atoms with Gasteiger partial charge in [0, 0.05) is 57.4 Å². The Labute approximate surface area is 177 Å². The van der Waals surface area contributed by atoms with Crippen LogP contribution in [0.25, 0.3) is 0 Å². The first-order valence-corrected chi connectivity index (χ1v) is 10.4. The minimum Gasteiger partial charge on any atom is -0.475 e. The SMILES string of the molecule is CCc1nsc(N2CCN(C(=NC)NCCOc3ncccc3C(F)(F)F)CC2)n1. The number of anilines is 1. The summed E-state index contributed by atoms with van der Waals surface area (Å²) >= 11 is 1.41. The van der Waals surface area contributed by atoms with Gasteiger partial charge in [-0.05, 0) is 12.1 Å². The minimum atomic E-state index is -4.50. The molecule has 0 radical (unpaired) electrons. The molecule has 0 bridgehead atoms. The second kappa shape index (κ2) is 9.92. The predicted molar refractivity (Wildman–Crippen MR) is 109 cm³/mol. The van der Waals surface area contributed by atoms with Crippen LogP contribution in [0.5, 0.6) is 5.88 Å². The Bertz CT molecular complexity index is 850. The zero-order chi connectivity index (χ0) is 21.6. The van der Waals surface area contributed by atoms with E-state index < -0.39 is 17.6 Å². The molecule has 0 saturated carbocycles. The van der Waals surface area contributed by atoms with Gasteiger partial charge >= 0.3 is 6.18 Å². The molecule has 1 aliphatic heterocycles. The number of nitrogens with one attached hydrogen (secondary N) is 1. The predicted octanol–water partition coefficient (Wildman–Crippen LogP) is 2.29. The molecule has 12 heteroatoms. The van der Waals surface area contributed by atoms with Crippen LogP contribution in [0.2, 0.25) is 0 Å². The van der Waals surface area contributed by atoms with E-state index in [1.807, 2.05) is 6.92 Å². The number of alkyl halides is 3. The molecule has 0 aliphatic carbocycles. The maximum Gasteiger partial charge on any atom is 0.421 e. The molecule has 3 heterocycles. The van der Waals surface area contributed by atoms with Gasteiger partial charge in [-0.25, -0.2) is 9.97 Å². The molecule has 0 atom stereocenters. The van der Waals surface area contributed by atoms with Crippen molar-refractivity contribution in [3.63, 3.8) is 0 Å². The van der Waals surface area contributed by atoms with Crippen molar-refractivity contribution >= 4 is 22.6 Å². The van der Waals surface area contributed by atoms with Gasteiger partial charge in [-0.3, -0.25) is 4.99 Å². The number of nitrogens with zero attached hydrogens (tertiary/aromatic N) is 6. The second-order valence-corrected chi connectivity index (χ2v) is 7.23. The number of aliphatic imine (C=N–C) groups is 1. The number of hydrogen-bond acceptors (Lipinski definition) is 7. The molecule has 0 unspecified atom stereocenters. The summed E-state index contributed by atoms with van der Waals surface area (Å²) in [4.78, 5) is 16.8. The van der Waals surface area contributed by atoms with Crippen molar-refractivity contribution in [2.24, 2.45) is 4.99 Å². The fourth-order valence-electron chi connectivity index (χ4n) is 2.99. The van der Waals surface area contributed by atoms with Crippen LogP contribution in [0.15, 0.2) is 23.3 Å². The Morgan fingerprint density at radius 3 is 2.70 bits per heavy atom. The fourth-order valence-corrected chi connectivity index (χ4v) is 3.79. The number of aryl methyl sites for hydroxylation is 1. The maximum atomic E-state index is 13.0. The molecule has 1 aliphatic rings. The van der Waals surface area contributed by atoms with Crippen LogP contribution in [0.3, 0.4) is 0 Å². The third-order valence-corrected chi connectivity index (χ3v) is 5.35. The van der Waals surface area contributed by atoms with Gasteiger partial charge in [-0.15, -0.1) is 0 Å². The number of aromatic nitrogens is 3. The zero-order valence-electron chi connectivity index (χ0n) is 16.8. The van der Waals surface area contributed by atoms with Crippen molar-refractivity contribution in [3.8, 4) is 5.88 Å².